The average Bonchev–Trinajstić information content (AvgIpc) is 3.39. The van der Waals surface area contributed by atoms with Crippen LogP contribution in [0.25, 0.3) is 0 Å². The number of piperazine rings is 1. The van der Waals surface area contributed by atoms with E-state index in [4.69, 9.17) is 0 Å². The number of carbonyl (C=O) groups is 2. The molecule has 0 radical (unpaired) electrons. The van der Waals surface area contributed by atoms with Crippen LogP contribution in [0.1, 0.15) is 39.3 Å². The number of nitrogens with zero attached hydrogens (tertiary/aromatic N) is 3. The lowest BCUT2D eigenvalue weighted by atomic mass is 9.92. The van der Waals surface area contributed by atoms with Crippen LogP contribution in [-0.4, -0.2) is 54.2 Å². The molecule has 2 unspecified atom stereocenters. The van der Waals surface area contributed by atoms with Gasteiger partial charge in [-0.3, -0.25) is 9.59 Å². The normalized spacial score (nSPS) is 22.5. The third kappa shape index (κ3) is 3.55. The van der Waals surface area contributed by atoms with Crippen LogP contribution in [0.15, 0.2) is 33.6 Å². The molecule has 1 aromatic carbocycles. The van der Waals surface area contributed by atoms with Crippen LogP contribution in [-0.2, 0) is 4.79 Å². The van der Waals surface area contributed by atoms with Gasteiger partial charge in [-0.15, -0.1) is 23.1 Å². The number of hydrogen-bond acceptors (Lipinski definition) is 7. The van der Waals surface area contributed by atoms with Gasteiger partial charge in [0.1, 0.15) is 5.71 Å². The molecular weight excluding hydrogens is 428 g/mol. The Kier molecular flexibility index (Phi) is 5.30. The number of nitrogens with one attached hydrogen (secondary N) is 1. The maximum atomic E-state index is 13.3. The number of anilines is 1. The van der Waals surface area contributed by atoms with E-state index in [-0.39, 0.29) is 23.7 Å². The number of benzene rings is 1. The number of fused-ring (bicyclic) bond motifs is 3. The molecule has 0 bridgehead atoms. The van der Waals surface area contributed by atoms with E-state index in [0.717, 1.165) is 29.3 Å². The topological polar surface area (TPSA) is 65.0 Å². The maximum Gasteiger partial charge on any atom is 0.270 e. The van der Waals surface area contributed by atoms with Gasteiger partial charge in [0.25, 0.3) is 5.91 Å². The van der Waals surface area contributed by atoms with Crippen molar-refractivity contribution in [2.75, 3.05) is 36.8 Å². The number of Topliss-reactive ketones (excluding diaryl/α,β-unsaturated/α-hetero) is 1. The smallest absolute Gasteiger partial charge is 0.270 e. The third-order valence-corrected chi connectivity index (χ3v) is 9.25. The van der Waals surface area contributed by atoms with Crippen molar-refractivity contribution in [3.05, 3.63) is 45.8 Å². The first-order valence-corrected chi connectivity index (χ1v) is 12.4. The van der Waals surface area contributed by atoms with Gasteiger partial charge in [0.2, 0.25) is 0 Å². The Morgan fingerprint density at radius 2 is 1.94 bits per heavy atom. The minimum Gasteiger partial charge on any atom is -0.368 e. The number of ketones is 1. The largest absolute Gasteiger partial charge is 0.368 e. The summed E-state index contributed by atoms with van der Waals surface area (Å²) in [6.07, 6.45) is 0. The van der Waals surface area contributed by atoms with Crippen LogP contribution < -0.4 is 10.3 Å². The van der Waals surface area contributed by atoms with E-state index in [1.807, 2.05) is 11.0 Å². The summed E-state index contributed by atoms with van der Waals surface area (Å²) in [5.41, 5.74) is 8.82. The van der Waals surface area contributed by atoms with Crippen molar-refractivity contribution in [3.8, 4) is 0 Å². The van der Waals surface area contributed by atoms with E-state index in [9.17, 15) is 9.59 Å². The second kappa shape index (κ2) is 7.98. The van der Waals surface area contributed by atoms with Crippen molar-refractivity contribution in [2.24, 2.45) is 11.0 Å². The highest BCUT2D eigenvalue weighted by atomic mass is 32.2. The molecule has 5 rings (SSSR count). The van der Waals surface area contributed by atoms with Gasteiger partial charge < -0.3 is 15.2 Å². The Bertz CT molecular complexity index is 1090. The van der Waals surface area contributed by atoms with Crippen LogP contribution in [0.3, 0.4) is 0 Å². The molecule has 0 saturated carbocycles. The molecule has 6 nitrogen and oxygen atoms in total. The quantitative estimate of drug-likeness (QED) is 0.718. The van der Waals surface area contributed by atoms with Gasteiger partial charge in [0.05, 0.1) is 15.1 Å². The Labute approximate surface area is 190 Å². The predicted molar refractivity (Wildman–Crippen MR) is 127 cm³/mol. The molecule has 1 amide bonds. The van der Waals surface area contributed by atoms with E-state index in [2.05, 4.69) is 47.5 Å². The van der Waals surface area contributed by atoms with Crippen LogP contribution >= 0.6 is 23.1 Å². The van der Waals surface area contributed by atoms with E-state index >= 15 is 0 Å². The van der Waals surface area contributed by atoms with Gasteiger partial charge in [-0.25, -0.2) is 0 Å². The fourth-order valence-corrected chi connectivity index (χ4v) is 7.16. The molecule has 3 aliphatic heterocycles. The summed E-state index contributed by atoms with van der Waals surface area (Å²) in [7, 11) is 0. The first-order chi connectivity index (χ1) is 14.9. The molecule has 1 fully saturated rings. The molecule has 31 heavy (non-hydrogen) atoms. The molecule has 8 heteroatoms. The maximum absolute atomic E-state index is 13.3. The minimum atomic E-state index is -0.00391. The summed E-state index contributed by atoms with van der Waals surface area (Å²) in [5.74, 6) is 1.01. The molecule has 2 aromatic rings. The second-order valence-corrected chi connectivity index (χ2v) is 10.8. The van der Waals surface area contributed by atoms with Gasteiger partial charge >= 0.3 is 0 Å². The van der Waals surface area contributed by atoms with Gasteiger partial charge in [-0.05, 0) is 44.0 Å². The average molecular weight is 455 g/mol. The minimum absolute atomic E-state index is 0.00391. The molecule has 0 spiro atoms. The molecule has 1 saturated heterocycles. The first kappa shape index (κ1) is 20.6. The summed E-state index contributed by atoms with van der Waals surface area (Å²) in [6, 6.07) is 8.38. The van der Waals surface area contributed by atoms with Gasteiger partial charge in [-0.1, -0.05) is 12.1 Å². The molecule has 2 atom stereocenters. The lowest BCUT2D eigenvalue weighted by molar-refractivity contribution is -0.124. The van der Waals surface area contributed by atoms with Crippen LogP contribution in [0.5, 0.6) is 0 Å². The standard InChI is InChI=1S/C23H26N4O2S2/c1-13-5-4-6-18(14(13)2)26-7-9-27(10-8-26)22(29)21-17-12-30-23-16(20(17)24-25-21)11-19(31-23)15(3)28/h4-6,11,17,20,24H,7-10,12H2,1-3H3. The van der Waals surface area contributed by atoms with Crippen LogP contribution in [0.4, 0.5) is 5.69 Å². The van der Waals surface area contributed by atoms with Crippen molar-refractivity contribution in [1.82, 2.24) is 10.3 Å². The lowest BCUT2D eigenvalue weighted by Gasteiger charge is -2.37. The molecule has 0 aliphatic carbocycles. The predicted octanol–water partition coefficient (Wildman–Crippen LogP) is 3.64. The zero-order valence-electron chi connectivity index (χ0n) is 18.0. The number of amides is 1. The van der Waals surface area contributed by atoms with Crippen LogP contribution in [0.2, 0.25) is 0 Å². The fourth-order valence-electron chi connectivity index (χ4n) is 4.59. The van der Waals surface area contributed by atoms with E-state index in [1.54, 1.807) is 30.0 Å². The fraction of sp³-hybridized carbons (Fsp3) is 0.435. The second-order valence-electron chi connectivity index (χ2n) is 8.43. The summed E-state index contributed by atoms with van der Waals surface area (Å²) in [5, 5.41) is 4.48. The molecule has 162 valence electrons. The van der Waals surface area contributed by atoms with Gasteiger partial charge in [0, 0.05) is 49.1 Å². The Balaban J connectivity index is 1.27. The Morgan fingerprint density at radius 3 is 2.68 bits per heavy atom. The SMILES string of the molecule is CC(=O)c1cc2c(s1)SCC1C(C(=O)N3CCN(c4cccc(C)c4C)CC3)=NNC21. The van der Waals surface area contributed by atoms with E-state index in [1.165, 1.54) is 21.0 Å². The number of thioether (sulfide) groups is 1. The number of aryl methyl sites for hydroxylation is 1. The number of thiophene rings is 1. The van der Waals surface area contributed by atoms with Gasteiger partial charge in [-0.2, -0.15) is 5.10 Å². The molecule has 4 heterocycles. The molecule has 1 aromatic heterocycles. The molecular formula is C23H26N4O2S2. The Morgan fingerprint density at radius 1 is 1.16 bits per heavy atom. The summed E-state index contributed by atoms with van der Waals surface area (Å²) in [6.45, 7) is 8.97. The highest BCUT2D eigenvalue weighted by molar-refractivity contribution is 8.01. The zero-order chi connectivity index (χ0) is 21.7. The number of rotatable bonds is 3. The number of hydrazone groups is 1. The third-order valence-electron chi connectivity index (χ3n) is 6.58. The number of hydrogen-bond donors (Lipinski definition) is 1. The van der Waals surface area contributed by atoms with E-state index < -0.39 is 0 Å². The number of carbonyl (C=O) groups excluding carboxylic acids is 2. The van der Waals surface area contributed by atoms with Crippen molar-refractivity contribution in [3.63, 3.8) is 0 Å². The van der Waals surface area contributed by atoms with Crippen molar-refractivity contribution >= 4 is 46.2 Å². The Hall–Kier alpha value is -2.32. The van der Waals surface area contributed by atoms with Gasteiger partial charge in [0.15, 0.2) is 5.78 Å². The monoisotopic (exact) mass is 454 g/mol. The zero-order valence-corrected chi connectivity index (χ0v) is 19.6. The summed E-state index contributed by atoms with van der Waals surface area (Å²) in [4.78, 5) is 30.2. The van der Waals surface area contributed by atoms with Crippen LogP contribution in [0, 0.1) is 19.8 Å². The van der Waals surface area contributed by atoms with Crippen molar-refractivity contribution < 1.29 is 9.59 Å². The molecule has 1 N–H and O–H groups in total. The molecule has 3 aliphatic rings. The summed E-state index contributed by atoms with van der Waals surface area (Å²) >= 11 is 3.29. The highest BCUT2D eigenvalue weighted by Crippen LogP contribution is 2.46. The lowest BCUT2D eigenvalue weighted by Crippen LogP contribution is -2.51. The first-order valence-electron chi connectivity index (χ1n) is 10.6. The van der Waals surface area contributed by atoms with Crippen molar-refractivity contribution in [2.45, 2.75) is 31.0 Å². The summed E-state index contributed by atoms with van der Waals surface area (Å²) < 4.78 is 1.17. The van der Waals surface area contributed by atoms with Crippen molar-refractivity contribution in [1.29, 1.82) is 0 Å². The highest BCUT2D eigenvalue weighted by Gasteiger charge is 2.43. The van der Waals surface area contributed by atoms with E-state index in [0.29, 0.717) is 18.8 Å².